The Labute approximate surface area is 144 Å². The van der Waals surface area contributed by atoms with Gasteiger partial charge in [-0.2, -0.15) is 11.8 Å². The van der Waals surface area contributed by atoms with Gasteiger partial charge in [0.1, 0.15) is 0 Å². The minimum absolute atomic E-state index is 0.635. The molecule has 0 spiro atoms. The average Bonchev–Trinajstić information content (AvgIpc) is 2.61. The highest BCUT2D eigenvalue weighted by molar-refractivity contribution is 7.99. The largest absolute Gasteiger partial charge is 0.338 e. The molecule has 128 valence electrons. The summed E-state index contributed by atoms with van der Waals surface area (Å²) in [5.41, 5.74) is 1.19. The standard InChI is InChI=1S/C17H29N5S/c1-21-7-9-22(10-8-21)17-19-12-14(13-20-17)11-18-15-5-3-4-6-16(15)23-2/h12-13,15-16,18H,3-11H2,1-2H3/t15-,16-/m1/s1. The van der Waals surface area contributed by atoms with Crippen molar-refractivity contribution < 1.29 is 0 Å². The van der Waals surface area contributed by atoms with Crippen LogP contribution in [0, 0.1) is 0 Å². The lowest BCUT2D eigenvalue weighted by atomic mass is 9.95. The molecule has 1 saturated carbocycles. The summed E-state index contributed by atoms with van der Waals surface area (Å²) in [4.78, 5) is 13.8. The van der Waals surface area contributed by atoms with Crippen LogP contribution >= 0.6 is 11.8 Å². The zero-order valence-corrected chi connectivity index (χ0v) is 15.2. The zero-order valence-electron chi connectivity index (χ0n) is 14.4. The molecule has 0 bridgehead atoms. The quantitative estimate of drug-likeness (QED) is 0.888. The van der Waals surface area contributed by atoms with Crippen LogP contribution < -0.4 is 10.2 Å². The van der Waals surface area contributed by atoms with Crippen LogP contribution in [0.15, 0.2) is 12.4 Å². The van der Waals surface area contributed by atoms with Crippen LogP contribution in [0.5, 0.6) is 0 Å². The molecule has 0 amide bonds. The number of likely N-dealkylation sites (N-methyl/N-ethyl adjacent to an activating group) is 1. The highest BCUT2D eigenvalue weighted by Crippen LogP contribution is 2.27. The number of hydrogen-bond acceptors (Lipinski definition) is 6. The highest BCUT2D eigenvalue weighted by Gasteiger charge is 2.23. The van der Waals surface area contributed by atoms with E-state index in [1.165, 1.54) is 31.2 Å². The molecule has 1 aliphatic heterocycles. The van der Waals surface area contributed by atoms with E-state index in [2.05, 4.69) is 38.4 Å². The predicted molar refractivity (Wildman–Crippen MR) is 98.1 cm³/mol. The molecule has 2 atom stereocenters. The molecule has 2 fully saturated rings. The van der Waals surface area contributed by atoms with Gasteiger partial charge in [0, 0.05) is 62.0 Å². The van der Waals surface area contributed by atoms with Crippen LogP contribution in [0.4, 0.5) is 5.95 Å². The van der Waals surface area contributed by atoms with Gasteiger partial charge in [-0.15, -0.1) is 0 Å². The first-order valence-electron chi connectivity index (χ1n) is 8.77. The van der Waals surface area contributed by atoms with E-state index < -0.39 is 0 Å². The zero-order chi connectivity index (χ0) is 16.1. The van der Waals surface area contributed by atoms with Gasteiger partial charge < -0.3 is 15.1 Å². The molecule has 1 N–H and O–H groups in total. The Kier molecular flexibility index (Phi) is 6.14. The molecule has 0 radical (unpaired) electrons. The van der Waals surface area contributed by atoms with E-state index in [9.17, 15) is 0 Å². The molecular weight excluding hydrogens is 306 g/mol. The van der Waals surface area contributed by atoms with Crippen LogP contribution in [0.25, 0.3) is 0 Å². The summed E-state index contributed by atoms with van der Waals surface area (Å²) in [6, 6.07) is 0.635. The van der Waals surface area contributed by atoms with E-state index in [1.807, 2.05) is 24.2 Å². The first kappa shape index (κ1) is 17.0. The number of hydrogen-bond donors (Lipinski definition) is 1. The SMILES string of the molecule is CS[C@@H]1CCCC[C@H]1NCc1cnc(N2CCN(C)CC2)nc1. The first-order valence-corrected chi connectivity index (χ1v) is 10.1. The third-order valence-corrected chi connectivity index (χ3v) is 6.22. The number of nitrogens with zero attached hydrogens (tertiary/aromatic N) is 4. The number of rotatable bonds is 5. The summed E-state index contributed by atoms with van der Waals surface area (Å²) in [6.07, 6.45) is 11.6. The number of aromatic nitrogens is 2. The average molecular weight is 336 g/mol. The van der Waals surface area contributed by atoms with E-state index >= 15 is 0 Å². The molecule has 1 aromatic heterocycles. The number of piperazine rings is 1. The summed E-state index contributed by atoms with van der Waals surface area (Å²) < 4.78 is 0. The summed E-state index contributed by atoms with van der Waals surface area (Å²) >= 11 is 2.01. The lowest BCUT2D eigenvalue weighted by Gasteiger charge is -2.32. The monoisotopic (exact) mass is 335 g/mol. The van der Waals surface area contributed by atoms with Crippen molar-refractivity contribution in [3.8, 4) is 0 Å². The molecule has 3 rings (SSSR count). The minimum atomic E-state index is 0.635. The number of thioether (sulfide) groups is 1. The second-order valence-electron chi connectivity index (χ2n) is 6.73. The van der Waals surface area contributed by atoms with Gasteiger partial charge in [-0.25, -0.2) is 9.97 Å². The van der Waals surface area contributed by atoms with Gasteiger partial charge in [0.15, 0.2) is 0 Å². The second-order valence-corrected chi connectivity index (χ2v) is 7.80. The van der Waals surface area contributed by atoms with Crippen molar-refractivity contribution in [3.05, 3.63) is 18.0 Å². The highest BCUT2D eigenvalue weighted by atomic mass is 32.2. The summed E-state index contributed by atoms with van der Waals surface area (Å²) in [5, 5.41) is 4.48. The number of nitrogens with one attached hydrogen (secondary N) is 1. The van der Waals surface area contributed by atoms with Gasteiger partial charge in [-0.05, 0) is 26.1 Å². The Morgan fingerprint density at radius 3 is 2.52 bits per heavy atom. The minimum Gasteiger partial charge on any atom is -0.338 e. The molecule has 2 heterocycles. The van der Waals surface area contributed by atoms with Crippen LogP contribution in [0.3, 0.4) is 0 Å². The van der Waals surface area contributed by atoms with E-state index in [4.69, 9.17) is 0 Å². The molecule has 2 aliphatic rings. The lowest BCUT2D eigenvalue weighted by Crippen LogP contribution is -2.45. The normalized spacial score (nSPS) is 26.4. The second kappa shape index (κ2) is 8.31. The molecular formula is C17H29N5S. The lowest BCUT2D eigenvalue weighted by molar-refractivity contribution is 0.311. The Bertz CT molecular complexity index is 472. The fourth-order valence-corrected chi connectivity index (χ4v) is 4.43. The van der Waals surface area contributed by atoms with Crippen molar-refractivity contribution in [2.45, 2.75) is 43.5 Å². The maximum Gasteiger partial charge on any atom is 0.225 e. The van der Waals surface area contributed by atoms with Crippen molar-refractivity contribution >= 4 is 17.7 Å². The van der Waals surface area contributed by atoms with Crippen LogP contribution in [-0.4, -0.2) is 65.6 Å². The van der Waals surface area contributed by atoms with Crippen LogP contribution in [-0.2, 0) is 6.54 Å². The molecule has 23 heavy (non-hydrogen) atoms. The predicted octanol–water partition coefficient (Wildman–Crippen LogP) is 1.99. The Hall–Kier alpha value is -0.850. The topological polar surface area (TPSA) is 44.3 Å². The maximum atomic E-state index is 4.58. The summed E-state index contributed by atoms with van der Waals surface area (Å²) in [6.45, 7) is 5.09. The van der Waals surface area contributed by atoms with E-state index in [1.54, 1.807) is 0 Å². The van der Waals surface area contributed by atoms with Crippen molar-refractivity contribution in [1.29, 1.82) is 0 Å². The Morgan fingerprint density at radius 2 is 1.83 bits per heavy atom. The fourth-order valence-electron chi connectivity index (χ4n) is 3.47. The van der Waals surface area contributed by atoms with E-state index in [0.29, 0.717) is 6.04 Å². The van der Waals surface area contributed by atoms with E-state index in [0.717, 1.165) is 43.9 Å². The smallest absolute Gasteiger partial charge is 0.225 e. The Balaban J connectivity index is 1.51. The molecule has 1 aromatic rings. The van der Waals surface area contributed by atoms with Gasteiger partial charge >= 0.3 is 0 Å². The van der Waals surface area contributed by atoms with Crippen LogP contribution in [0.2, 0.25) is 0 Å². The molecule has 1 saturated heterocycles. The summed E-state index contributed by atoms with van der Waals surface area (Å²) in [7, 11) is 2.17. The molecule has 1 aliphatic carbocycles. The number of anilines is 1. The van der Waals surface area contributed by atoms with Crippen LogP contribution in [0.1, 0.15) is 31.2 Å². The Morgan fingerprint density at radius 1 is 1.13 bits per heavy atom. The molecule has 5 nitrogen and oxygen atoms in total. The molecule has 0 aromatic carbocycles. The van der Waals surface area contributed by atoms with Gasteiger partial charge in [-0.3, -0.25) is 0 Å². The maximum absolute atomic E-state index is 4.58. The van der Waals surface area contributed by atoms with Crippen molar-refractivity contribution in [2.24, 2.45) is 0 Å². The molecule has 6 heteroatoms. The van der Waals surface area contributed by atoms with Crippen molar-refractivity contribution in [2.75, 3.05) is 44.4 Å². The first-order chi connectivity index (χ1) is 11.3. The van der Waals surface area contributed by atoms with Crippen molar-refractivity contribution in [3.63, 3.8) is 0 Å². The van der Waals surface area contributed by atoms with Crippen molar-refractivity contribution in [1.82, 2.24) is 20.2 Å². The van der Waals surface area contributed by atoms with Gasteiger partial charge in [0.2, 0.25) is 5.95 Å². The van der Waals surface area contributed by atoms with Gasteiger partial charge in [0.25, 0.3) is 0 Å². The van der Waals surface area contributed by atoms with E-state index in [-0.39, 0.29) is 0 Å². The molecule has 0 unspecified atom stereocenters. The summed E-state index contributed by atoms with van der Waals surface area (Å²) in [5.74, 6) is 0.876. The third-order valence-electron chi connectivity index (χ3n) is 5.05. The third kappa shape index (κ3) is 4.58. The fraction of sp³-hybridized carbons (Fsp3) is 0.765. The van der Waals surface area contributed by atoms with Gasteiger partial charge in [-0.1, -0.05) is 12.8 Å². The van der Waals surface area contributed by atoms with Gasteiger partial charge in [0.05, 0.1) is 0 Å².